The summed E-state index contributed by atoms with van der Waals surface area (Å²) >= 11 is 1.16. The molecular formula is C28H25FN4O4S. The quantitative estimate of drug-likeness (QED) is 0.459. The second-order valence-corrected chi connectivity index (χ2v) is 9.85. The lowest BCUT2D eigenvalue weighted by molar-refractivity contribution is -0.121. The van der Waals surface area contributed by atoms with Crippen molar-refractivity contribution >= 4 is 40.1 Å². The van der Waals surface area contributed by atoms with Crippen LogP contribution in [0, 0.1) is 5.82 Å². The fraction of sp³-hybridized carbons (Fsp3) is 0.214. The molecule has 2 aliphatic rings. The van der Waals surface area contributed by atoms with Gasteiger partial charge >= 0.3 is 0 Å². The summed E-state index contributed by atoms with van der Waals surface area (Å²) < 4.78 is 25.2. The van der Waals surface area contributed by atoms with Crippen LogP contribution in [-0.2, 0) is 9.59 Å². The van der Waals surface area contributed by atoms with Gasteiger partial charge in [0.2, 0.25) is 5.91 Å². The molecule has 2 amide bonds. The summed E-state index contributed by atoms with van der Waals surface area (Å²) in [7, 11) is 3.16. The molecule has 0 saturated heterocycles. The van der Waals surface area contributed by atoms with E-state index in [9.17, 15) is 14.0 Å². The Kier molecular flexibility index (Phi) is 7.41. The predicted molar refractivity (Wildman–Crippen MR) is 145 cm³/mol. The Morgan fingerprint density at radius 3 is 2.34 bits per heavy atom. The Morgan fingerprint density at radius 2 is 1.68 bits per heavy atom. The van der Waals surface area contributed by atoms with Crippen LogP contribution in [0.3, 0.4) is 0 Å². The molecule has 3 aromatic rings. The van der Waals surface area contributed by atoms with Gasteiger partial charge in [0.05, 0.1) is 26.0 Å². The largest absolute Gasteiger partial charge is 0.497 e. The summed E-state index contributed by atoms with van der Waals surface area (Å²) in [6.45, 7) is 0. The molecule has 2 atom stereocenters. The maximum Gasteiger partial charge on any atom is 0.262 e. The van der Waals surface area contributed by atoms with Crippen LogP contribution >= 0.6 is 11.8 Å². The monoisotopic (exact) mass is 532 g/mol. The van der Waals surface area contributed by atoms with E-state index in [1.54, 1.807) is 61.7 Å². The molecule has 2 aliphatic heterocycles. The van der Waals surface area contributed by atoms with Gasteiger partial charge in [-0.15, -0.1) is 0 Å². The lowest BCUT2D eigenvalue weighted by atomic mass is 9.98. The first-order valence-corrected chi connectivity index (χ1v) is 12.8. The summed E-state index contributed by atoms with van der Waals surface area (Å²) in [5.41, 5.74) is 2.65. The SMILES string of the molecule is COc1ccc(NC(=O)CC2SC(N3N=C(c4ccc(OC)cc4)CC3c3ccccc3F)=NC2=O)cc1. The van der Waals surface area contributed by atoms with Crippen molar-refractivity contribution in [1.29, 1.82) is 0 Å². The van der Waals surface area contributed by atoms with E-state index in [4.69, 9.17) is 14.6 Å². The molecule has 8 nitrogen and oxygen atoms in total. The van der Waals surface area contributed by atoms with Crippen LogP contribution in [0.25, 0.3) is 0 Å². The van der Waals surface area contributed by atoms with Crippen molar-refractivity contribution in [3.8, 4) is 11.5 Å². The Bertz CT molecular complexity index is 1410. The van der Waals surface area contributed by atoms with Gasteiger partial charge in [-0.25, -0.2) is 9.40 Å². The number of rotatable bonds is 7. The third kappa shape index (κ3) is 5.40. The number of thioether (sulfide) groups is 1. The topological polar surface area (TPSA) is 92.6 Å². The number of aliphatic imine (C=N–C) groups is 1. The van der Waals surface area contributed by atoms with Gasteiger partial charge in [-0.3, -0.25) is 9.59 Å². The normalized spacial score (nSPS) is 18.7. The molecule has 38 heavy (non-hydrogen) atoms. The smallest absolute Gasteiger partial charge is 0.262 e. The number of nitrogens with zero attached hydrogens (tertiary/aromatic N) is 3. The number of benzene rings is 3. The van der Waals surface area contributed by atoms with E-state index in [0.29, 0.717) is 34.3 Å². The maximum absolute atomic E-state index is 14.8. The fourth-order valence-electron chi connectivity index (χ4n) is 4.29. The summed E-state index contributed by atoms with van der Waals surface area (Å²) in [6, 6.07) is 20.4. The van der Waals surface area contributed by atoms with E-state index in [2.05, 4.69) is 10.3 Å². The van der Waals surface area contributed by atoms with Crippen molar-refractivity contribution in [2.75, 3.05) is 19.5 Å². The van der Waals surface area contributed by atoms with Crippen LogP contribution in [0.1, 0.15) is 30.0 Å². The standard InChI is InChI=1S/C28H25FN4O4S/c1-36-19-11-7-17(8-12-19)23-15-24(21-5-3-4-6-22(21)29)33(32-23)28-31-27(35)25(38-28)16-26(34)30-18-9-13-20(37-2)14-10-18/h3-14,24-25H,15-16H2,1-2H3,(H,30,34). The van der Waals surface area contributed by atoms with Gasteiger partial charge < -0.3 is 14.8 Å². The number of nitrogens with one attached hydrogen (secondary N) is 1. The van der Waals surface area contributed by atoms with Crippen LogP contribution < -0.4 is 14.8 Å². The molecular weight excluding hydrogens is 507 g/mol. The van der Waals surface area contributed by atoms with E-state index in [1.165, 1.54) is 6.07 Å². The molecule has 0 aromatic heterocycles. The highest BCUT2D eigenvalue weighted by molar-refractivity contribution is 8.15. The first-order valence-electron chi connectivity index (χ1n) is 11.9. The van der Waals surface area contributed by atoms with Crippen molar-refractivity contribution in [1.82, 2.24) is 5.01 Å². The van der Waals surface area contributed by atoms with Crippen LogP contribution in [0.2, 0.25) is 0 Å². The zero-order chi connectivity index (χ0) is 26.6. The Labute approximate surface area is 223 Å². The number of amidine groups is 1. The molecule has 2 unspecified atom stereocenters. The number of halogens is 1. The molecule has 2 heterocycles. The summed E-state index contributed by atoms with van der Waals surface area (Å²) in [5.74, 6) is 0.292. The molecule has 0 fully saturated rings. The minimum absolute atomic E-state index is 0.0597. The van der Waals surface area contributed by atoms with Gasteiger partial charge in [0.25, 0.3) is 5.91 Å². The van der Waals surface area contributed by atoms with Crippen molar-refractivity contribution in [3.05, 3.63) is 89.7 Å². The molecule has 0 aliphatic carbocycles. The highest BCUT2D eigenvalue weighted by atomic mass is 32.2. The predicted octanol–water partition coefficient (Wildman–Crippen LogP) is 5.02. The second-order valence-electron chi connectivity index (χ2n) is 8.68. The number of carbonyl (C=O) groups is 2. The van der Waals surface area contributed by atoms with Crippen molar-refractivity contribution in [3.63, 3.8) is 0 Å². The van der Waals surface area contributed by atoms with Crippen molar-refractivity contribution < 1.29 is 23.5 Å². The number of methoxy groups -OCH3 is 2. The number of hydrazone groups is 1. The van der Waals surface area contributed by atoms with E-state index in [0.717, 1.165) is 23.0 Å². The zero-order valence-corrected chi connectivity index (χ0v) is 21.6. The zero-order valence-electron chi connectivity index (χ0n) is 20.8. The number of hydrogen-bond donors (Lipinski definition) is 1. The lowest BCUT2D eigenvalue weighted by Gasteiger charge is -2.23. The number of hydrogen-bond acceptors (Lipinski definition) is 7. The van der Waals surface area contributed by atoms with Crippen LogP contribution in [0.4, 0.5) is 10.1 Å². The van der Waals surface area contributed by atoms with Gasteiger partial charge in [0, 0.05) is 24.1 Å². The number of ether oxygens (including phenoxy) is 2. The molecule has 0 spiro atoms. The van der Waals surface area contributed by atoms with Crippen LogP contribution in [0.5, 0.6) is 11.5 Å². The van der Waals surface area contributed by atoms with Gasteiger partial charge in [-0.2, -0.15) is 10.1 Å². The molecule has 1 N–H and O–H groups in total. The van der Waals surface area contributed by atoms with Gasteiger partial charge in [-0.05, 0) is 60.2 Å². The number of anilines is 1. The lowest BCUT2D eigenvalue weighted by Crippen LogP contribution is -2.25. The molecule has 0 saturated carbocycles. The van der Waals surface area contributed by atoms with Crippen molar-refractivity contribution in [2.24, 2.45) is 10.1 Å². The van der Waals surface area contributed by atoms with Gasteiger partial charge in [0.15, 0.2) is 5.17 Å². The summed E-state index contributed by atoms with van der Waals surface area (Å²) in [5, 5.41) is 8.78. The van der Waals surface area contributed by atoms with Crippen LogP contribution in [-0.4, -0.2) is 47.2 Å². The Balaban J connectivity index is 1.34. The maximum atomic E-state index is 14.8. The molecule has 0 bridgehead atoms. The average molecular weight is 533 g/mol. The average Bonchev–Trinajstić information content (AvgIpc) is 3.53. The van der Waals surface area contributed by atoms with E-state index in [-0.39, 0.29) is 18.1 Å². The number of carbonyl (C=O) groups excluding carboxylic acids is 2. The third-order valence-corrected chi connectivity index (χ3v) is 7.41. The molecule has 0 radical (unpaired) electrons. The first kappa shape index (κ1) is 25.5. The molecule has 194 valence electrons. The third-order valence-electron chi connectivity index (χ3n) is 6.27. The minimum Gasteiger partial charge on any atom is -0.497 e. The highest BCUT2D eigenvalue weighted by Crippen LogP contribution is 2.39. The minimum atomic E-state index is -0.704. The van der Waals surface area contributed by atoms with Crippen molar-refractivity contribution in [2.45, 2.75) is 24.1 Å². The van der Waals surface area contributed by atoms with E-state index >= 15 is 0 Å². The second kappa shape index (κ2) is 11.1. The van der Waals surface area contributed by atoms with Crippen LogP contribution in [0.15, 0.2) is 82.9 Å². The number of amides is 2. The summed E-state index contributed by atoms with van der Waals surface area (Å²) in [4.78, 5) is 29.6. The Morgan fingerprint density at radius 1 is 1.03 bits per heavy atom. The van der Waals surface area contributed by atoms with E-state index in [1.807, 2.05) is 24.3 Å². The van der Waals surface area contributed by atoms with Gasteiger partial charge in [0.1, 0.15) is 22.6 Å². The molecule has 5 rings (SSSR count). The molecule has 10 heteroatoms. The van der Waals surface area contributed by atoms with E-state index < -0.39 is 17.2 Å². The Hall–Kier alpha value is -4.18. The van der Waals surface area contributed by atoms with Gasteiger partial charge in [-0.1, -0.05) is 30.0 Å². The highest BCUT2D eigenvalue weighted by Gasteiger charge is 2.39. The molecule has 3 aromatic carbocycles. The fourth-order valence-corrected chi connectivity index (χ4v) is 5.35. The first-order chi connectivity index (χ1) is 18.4. The summed E-state index contributed by atoms with van der Waals surface area (Å²) in [6.07, 6.45) is 0.361.